The predicted octanol–water partition coefficient (Wildman–Crippen LogP) is 14.7. The summed E-state index contributed by atoms with van der Waals surface area (Å²) in [6.45, 7) is 4.74. The molecule has 0 unspecified atom stereocenters. The van der Waals surface area contributed by atoms with Crippen molar-refractivity contribution in [3.05, 3.63) is 221 Å². The minimum Gasteiger partial charge on any atom is -0.310 e. The van der Waals surface area contributed by atoms with Crippen molar-refractivity contribution in [1.29, 1.82) is 0 Å². The molecule has 1 heterocycles. The Kier molecular flexibility index (Phi) is 6.55. The molecule has 1 aromatic heterocycles. The van der Waals surface area contributed by atoms with E-state index in [-0.39, 0.29) is 10.8 Å². The Morgan fingerprint density at radius 1 is 0.393 bits per heavy atom. The van der Waals surface area contributed by atoms with E-state index in [4.69, 9.17) is 0 Å². The molecule has 0 bridgehead atoms. The van der Waals surface area contributed by atoms with Crippen LogP contribution in [0, 0.1) is 0 Å². The Morgan fingerprint density at radius 2 is 0.911 bits per heavy atom. The highest BCUT2D eigenvalue weighted by atomic mass is 32.1. The van der Waals surface area contributed by atoms with Crippen LogP contribution in [0.15, 0.2) is 188 Å². The molecule has 1 nitrogen and oxygen atoms in total. The highest BCUT2D eigenvalue weighted by Crippen LogP contribution is 2.66. The third-order valence-electron chi connectivity index (χ3n) is 12.9. The standard InChI is InChI=1S/C54H37NS/c1-53(2)45-20-10-6-16-39(45)42-30-28-38(33-49(42)53)55(36-26-24-35(25-27-36)34-14-4-3-5-15-34)37-29-31-48-44(32-37)52-51(43-19-9-13-23-50(43)56-52)54(48)46-21-11-7-17-40(46)41-18-8-12-22-47(41)54/h3-33H,1-2H3. The van der Waals surface area contributed by atoms with Gasteiger partial charge in [-0.1, -0.05) is 159 Å². The molecule has 8 aromatic carbocycles. The van der Waals surface area contributed by atoms with Gasteiger partial charge in [-0.05, 0) is 120 Å². The van der Waals surface area contributed by atoms with Crippen molar-refractivity contribution in [2.45, 2.75) is 24.7 Å². The van der Waals surface area contributed by atoms with E-state index < -0.39 is 0 Å². The summed E-state index contributed by atoms with van der Waals surface area (Å²) < 4.78 is 1.34. The molecule has 0 N–H and O–H groups in total. The molecule has 0 aliphatic heterocycles. The Morgan fingerprint density at radius 3 is 1.64 bits per heavy atom. The zero-order valence-electron chi connectivity index (χ0n) is 31.3. The number of thiophene rings is 1. The molecule has 56 heavy (non-hydrogen) atoms. The summed E-state index contributed by atoms with van der Waals surface area (Å²) in [5.41, 5.74) is 20.4. The van der Waals surface area contributed by atoms with Crippen LogP contribution >= 0.6 is 11.3 Å². The highest BCUT2D eigenvalue weighted by molar-refractivity contribution is 7.22. The Balaban J connectivity index is 1.10. The van der Waals surface area contributed by atoms with Crippen LogP contribution in [0.1, 0.15) is 47.2 Å². The number of fused-ring (bicyclic) bond motifs is 15. The van der Waals surface area contributed by atoms with Gasteiger partial charge in [0.15, 0.2) is 0 Å². The quantitative estimate of drug-likeness (QED) is 0.174. The first kappa shape index (κ1) is 31.8. The van der Waals surface area contributed by atoms with Crippen LogP contribution in [-0.4, -0.2) is 0 Å². The summed E-state index contributed by atoms with van der Waals surface area (Å²) in [7, 11) is 0. The smallest absolute Gasteiger partial charge is 0.0740 e. The van der Waals surface area contributed by atoms with Crippen LogP contribution < -0.4 is 4.90 Å². The van der Waals surface area contributed by atoms with Gasteiger partial charge in [0.25, 0.3) is 0 Å². The van der Waals surface area contributed by atoms with Gasteiger partial charge in [0.2, 0.25) is 0 Å². The fourth-order valence-corrected chi connectivity index (χ4v) is 11.7. The van der Waals surface area contributed by atoms with E-state index in [0.717, 1.165) is 17.1 Å². The monoisotopic (exact) mass is 731 g/mol. The molecule has 0 amide bonds. The zero-order chi connectivity index (χ0) is 37.2. The van der Waals surface area contributed by atoms with Crippen molar-refractivity contribution < 1.29 is 0 Å². The first-order valence-corrected chi connectivity index (χ1v) is 20.4. The van der Waals surface area contributed by atoms with Gasteiger partial charge in [-0.25, -0.2) is 0 Å². The Hall–Kier alpha value is -6.48. The van der Waals surface area contributed by atoms with Gasteiger partial charge < -0.3 is 4.90 Å². The maximum atomic E-state index is 2.49. The topological polar surface area (TPSA) is 3.24 Å². The fourth-order valence-electron chi connectivity index (χ4n) is 10.4. The van der Waals surface area contributed by atoms with Gasteiger partial charge in [0.05, 0.1) is 5.41 Å². The highest BCUT2D eigenvalue weighted by Gasteiger charge is 2.53. The van der Waals surface area contributed by atoms with E-state index in [9.17, 15) is 0 Å². The SMILES string of the molecule is CC1(C)c2ccccc2-c2ccc(N(c3ccc(-c4ccccc4)cc3)c3ccc4c(c3)-c3sc5ccccc5c3C43c4ccccc4-c4ccccc43)cc21. The molecule has 264 valence electrons. The lowest BCUT2D eigenvalue weighted by atomic mass is 9.70. The molecular formula is C54H37NS. The minimum absolute atomic E-state index is 0.107. The molecule has 2 heteroatoms. The summed E-state index contributed by atoms with van der Waals surface area (Å²) in [5, 5.41) is 1.35. The number of anilines is 3. The van der Waals surface area contributed by atoms with Crippen LogP contribution in [-0.2, 0) is 10.8 Å². The number of hydrogen-bond donors (Lipinski definition) is 0. The molecule has 3 aliphatic rings. The molecule has 1 spiro atoms. The van der Waals surface area contributed by atoms with Gasteiger partial charge in [-0.2, -0.15) is 0 Å². The van der Waals surface area contributed by atoms with E-state index in [1.54, 1.807) is 0 Å². The molecule has 0 saturated heterocycles. The third-order valence-corrected chi connectivity index (χ3v) is 14.1. The summed E-state index contributed by atoms with van der Waals surface area (Å²) in [6, 6.07) is 70.4. The minimum atomic E-state index is -0.387. The molecule has 0 saturated carbocycles. The second-order valence-corrected chi connectivity index (χ2v) is 17.1. The fraction of sp³-hybridized carbons (Fsp3) is 0.0741. The average Bonchev–Trinajstić information content (AvgIpc) is 3.93. The van der Waals surface area contributed by atoms with Gasteiger partial charge >= 0.3 is 0 Å². The van der Waals surface area contributed by atoms with E-state index >= 15 is 0 Å². The summed E-state index contributed by atoms with van der Waals surface area (Å²) in [6.07, 6.45) is 0. The van der Waals surface area contributed by atoms with Crippen molar-refractivity contribution >= 4 is 38.5 Å². The maximum Gasteiger partial charge on any atom is 0.0740 e. The van der Waals surface area contributed by atoms with Crippen LogP contribution in [0.2, 0.25) is 0 Å². The third kappa shape index (κ3) is 4.14. The number of hydrogen-bond acceptors (Lipinski definition) is 2. The van der Waals surface area contributed by atoms with Crippen molar-refractivity contribution in [3.63, 3.8) is 0 Å². The second kappa shape index (κ2) is 11.5. The average molecular weight is 732 g/mol. The number of benzene rings is 8. The molecule has 0 atom stereocenters. The van der Waals surface area contributed by atoms with Crippen molar-refractivity contribution in [2.24, 2.45) is 0 Å². The lowest BCUT2D eigenvalue weighted by Gasteiger charge is -2.31. The van der Waals surface area contributed by atoms with E-state index in [1.165, 1.54) is 87.3 Å². The second-order valence-electron chi connectivity index (χ2n) is 16.0. The van der Waals surface area contributed by atoms with Crippen molar-refractivity contribution in [2.75, 3.05) is 4.90 Å². The largest absolute Gasteiger partial charge is 0.310 e. The van der Waals surface area contributed by atoms with Gasteiger partial charge in [-0.15, -0.1) is 11.3 Å². The molecule has 0 radical (unpaired) electrons. The van der Waals surface area contributed by atoms with Gasteiger partial charge in [0.1, 0.15) is 0 Å². The van der Waals surface area contributed by atoms with Crippen LogP contribution in [0.5, 0.6) is 0 Å². The van der Waals surface area contributed by atoms with Crippen LogP contribution in [0.25, 0.3) is 53.9 Å². The first-order valence-electron chi connectivity index (χ1n) is 19.6. The molecule has 3 aliphatic carbocycles. The summed E-state index contributed by atoms with van der Waals surface area (Å²) in [5.74, 6) is 0. The summed E-state index contributed by atoms with van der Waals surface area (Å²) >= 11 is 1.94. The lowest BCUT2D eigenvalue weighted by molar-refractivity contribution is 0.660. The van der Waals surface area contributed by atoms with Crippen molar-refractivity contribution in [3.8, 4) is 43.8 Å². The van der Waals surface area contributed by atoms with E-state index in [0.29, 0.717) is 0 Å². The van der Waals surface area contributed by atoms with Crippen LogP contribution in [0.3, 0.4) is 0 Å². The van der Waals surface area contributed by atoms with Gasteiger partial charge in [0, 0.05) is 32.1 Å². The zero-order valence-corrected chi connectivity index (χ0v) is 32.1. The Labute approximate surface area is 331 Å². The lowest BCUT2D eigenvalue weighted by Crippen LogP contribution is -2.25. The van der Waals surface area contributed by atoms with Gasteiger partial charge in [-0.3, -0.25) is 0 Å². The normalized spacial score (nSPS) is 14.5. The molecule has 12 rings (SSSR count). The number of nitrogens with zero attached hydrogens (tertiary/aromatic N) is 1. The molecular weight excluding hydrogens is 695 g/mol. The maximum absolute atomic E-state index is 2.49. The van der Waals surface area contributed by atoms with Crippen molar-refractivity contribution in [1.82, 2.24) is 0 Å². The summed E-state index contributed by atoms with van der Waals surface area (Å²) in [4.78, 5) is 3.85. The van der Waals surface area contributed by atoms with E-state index in [1.807, 2.05) is 11.3 Å². The molecule has 9 aromatic rings. The van der Waals surface area contributed by atoms with Crippen LogP contribution in [0.4, 0.5) is 17.1 Å². The predicted molar refractivity (Wildman–Crippen MR) is 236 cm³/mol. The van der Waals surface area contributed by atoms with E-state index in [2.05, 4.69) is 207 Å². The number of rotatable bonds is 4. The molecule has 0 fully saturated rings. The first-order chi connectivity index (χ1) is 27.5. The Bertz CT molecular complexity index is 3010.